The molecule has 0 amide bonds. The highest BCUT2D eigenvalue weighted by molar-refractivity contribution is 5.83. The first-order chi connectivity index (χ1) is 12.6. The van der Waals surface area contributed by atoms with Gasteiger partial charge >= 0.3 is 0 Å². The minimum atomic E-state index is -1.20. The number of nitrogens with two attached hydrogens (primary N) is 1. The summed E-state index contributed by atoms with van der Waals surface area (Å²) in [5, 5.41) is 33.0. The van der Waals surface area contributed by atoms with Gasteiger partial charge in [0.25, 0.3) is 0 Å². The van der Waals surface area contributed by atoms with Gasteiger partial charge in [-0.1, -0.05) is 12.8 Å². The van der Waals surface area contributed by atoms with Gasteiger partial charge in [0.15, 0.2) is 23.2 Å². The van der Waals surface area contributed by atoms with E-state index in [1.807, 2.05) is 0 Å². The highest BCUT2D eigenvalue weighted by atomic mass is 16.6. The Morgan fingerprint density at radius 3 is 2.65 bits per heavy atom. The molecule has 0 aromatic carbocycles. The van der Waals surface area contributed by atoms with Gasteiger partial charge in [-0.2, -0.15) is 0 Å². The summed E-state index contributed by atoms with van der Waals surface area (Å²) < 4.78 is 7.15. The second-order valence-corrected chi connectivity index (χ2v) is 6.87. The maximum atomic E-state index is 10.3. The van der Waals surface area contributed by atoms with Crippen LogP contribution in [0.5, 0.6) is 0 Å². The Morgan fingerprint density at radius 1 is 1.23 bits per heavy atom. The summed E-state index contributed by atoms with van der Waals surface area (Å²) in [4.78, 5) is 13.3. The van der Waals surface area contributed by atoms with Crippen LogP contribution in [-0.4, -0.2) is 65.8 Å². The largest absolute Gasteiger partial charge is 0.394 e. The summed E-state index contributed by atoms with van der Waals surface area (Å²) in [5.74, 6) is 1.07. The van der Waals surface area contributed by atoms with Gasteiger partial charge in [0.05, 0.1) is 19.5 Å². The Morgan fingerprint density at radius 2 is 2.00 bits per heavy atom. The van der Waals surface area contributed by atoms with Crippen molar-refractivity contribution in [2.45, 2.75) is 62.8 Å². The van der Waals surface area contributed by atoms with Crippen LogP contribution in [0.3, 0.4) is 0 Å². The van der Waals surface area contributed by atoms with Crippen molar-refractivity contribution in [1.82, 2.24) is 19.5 Å². The third kappa shape index (κ3) is 2.93. The Balaban J connectivity index is 1.72. The molecule has 2 fully saturated rings. The van der Waals surface area contributed by atoms with Gasteiger partial charge in [-0.25, -0.2) is 15.0 Å². The number of hydrogen-bond acceptors (Lipinski definition) is 9. The quantitative estimate of drug-likeness (QED) is 0.461. The van der Waals surface area contributed by atoms with Gasteiger partial charge < -0.3 is 31.1 Å². The molecule has 1 saturated heterocycles. The third-order valence-electron chi connectivity index (χ3n) is 5.14. The number of aliphatic hydroxyl groups excluding tert-OH is 3. The lowest BCUT2D eigenvalue weighted by Crippen LogP contribution is -2.33. The fourth-order valence-corrected chi connectivity index (χ4v) is 3.71. The van der Waals surface area contributed by atoms with E-state index in [2.05, 4.69) is 20.3 Å². The van der Waals surface area contributed by atoms with Crippen LogP contribution in [0.1, 0.15) is 37.7 Å². The number of nitrogens with one attached hydrogen (secondary N) is 1. The molecule has 142 valence electrons. The Labute approximate surface area is 150 Å². The molecule has 6 N–H and O–H groups in total. The molecule has 0 unspecified atom stereocenters. The summed E-state index contributed by atoms with van der Waals surface area (Å²) in [6.45, 7) is -0.227. The minimum Gasteiger partial charge on any atom is -0.394 e. The van der Waals surface area contributed by atoms with Crippen LogP contribution in [0.4, 0.5) is 5.82 Å². The standard InChI is InChI=1S/C16H24N6O4/c17-5-10-20-14(19-8-3-1-2-4-8)11-15(21-10)22(7-18-11)16-13(25)12(24)9(6-23)26-16/h7-9,12-13,16,23-25H,1-6,17H2,(H,19,20,21)/t9-,12-,13-,16-/m1/s1. The lowest BCUT2D eigenvalue weighted by atomic mass is 10.1. The lowest BCUT2D eigenvalue weighted by Gasteiger charge is -2.17. The van der Waals surface area contributed by atoms with Gasteiger partial charge in [0, 0.05) is 6.04 Å². The predicted molar refractivity (Wildman–Crippen MR) is 92.1 cm³/mol. The molecule has 2 aliphatic rings. The number of fused-ring (bicyclic) bond motifs is 1. The second kappa shape index (κ2) is 7.05. The van der Waals surface area contributed by atoms with E-state index in [0.717, 1.165) is 12.8 Å². The molecule has 1 saturated carbocycles. The number of nitrogens with zero attached hydrogens (tertiary/aromatic N) is 4. The molecule has 1 aliphatic heterocycles. The Hall–Kier alpha value is -1.85. The summed E-state index contributed by atoms with van der Waals surface area (Å²) >= 11 is 0. The van der Waals surface area contributed by atoms with Crippen molar-refractivity contribution in [1.29, 1.82) is 0 Å². The number of rotatable bonds is 5. The highest BCUT2D eigenvalue weighted by Crippen LogP contribution is 2.33. The number of imidazole rings is 1. The van der Waals surface area contributed by atoms with Crippen LogP contribution < -0.4 is 11.1 Å². The number of ether oxygens (including phenoxy) is 1. The van der Waals surface area contributed by atoms with E-state index < -0.39 is 31.1 Å². The summed E-state index contributed by atoms with van der Waals surface area (Å²) in [6.07, 6.45) is 1.89. The number of aromatic nitrogens is 4. The van der Waals surface area contributed by atoms with Gasteiger partial charge in [0.2, 0.25) is 0 Å². The van der Waals surface area contributed by atoms with Crippen LogP contribution in [0.2, 0.25) is 0 Å². The van der Waals surface area contributed by atoms with Crippen LogP contribution in [-0.2, 0) is 11.3 Å². The van der Waals surface area contributed by atoms with E-state index >= 15 is 0 Å². The topological polar surface area (TPSA) is 152 Å². The monoisotopic (exact) mass is 364 g/mol. The second-order valence-electron chi connectivity index (χ2n) is 6.87. The SMILES string of the molecule is NCc1nc(NC2CCCC2)c2ncn([C@@H]3O[C@H](CO)[C@@H](O)[C@H]3O)c2n1. The van der Waals surface area contributed by atoms with Crippen LogP contribution in [0, 0.1) is 0 Å². The Kier molecular flexibility index (Phi) is 4.76. The van der Waals surface area contributed by atoms with Crippen molar-refractivity contribution in [2.24, 2.45) is 5.73 Å². The molecule has 2 aromatic heterocycles. The van der Waals surface area contributed by atoms with Gasteiger partial charge in [-0.15, -0.1) is 0 Å². The summed E-state index contributed by atoms with van der Waals surface area (Å²) in [7, 11) is 0. The molecule has 0 bridgehead atoms. The fraction of sp³-hybridized carbons (Fsp3) is 0.688. The first-order valence-corrected chi connectivity index (χ1v) is 8.95. The van der Waals surface area contributed by atoms with E-state index in [0.29, 0.717) is 28.8 Å². The molecule has 0 spiro atoms. The van der Waals surface area contributed by atoms with Crippen molar-refractivity contribution in [3.05, 3.63) is 12.2 Å². The molecule has 10 nitrogen and oxygen atoms in total. The number of anilines is 1. The average Bonchev–Trinajstić information content (AvgIpc) is 3.36. The van der Waals surface area contributed by atoms with Crippen molar-refractivity contribution in [2.75, 3.05) is 11.9 Å². The molecular formula is C16H24N6O4. The van der Waals surface area contributed by atoms with Gasteiger partial charge in [-0.3, -0.25) is 4.57 Å². The normalized spacial score (nSPS) is 29.7. The smallest absolute Gasteiger partial charge is 0.168 e. The first-order valence-electron chi connectivity index (χ1n) is 8.95. The minimum absolute atomic E-state index is 0.163. The molecule has 2 aromatic rings. The molecular weight excluding hydrogens is 340 g/mol. The van der Waals surface area contributed by atoms with Crippen molar-refractivity contribution in [3.8, 4) is 0 Å². The Bertz CT molecular complexity index is 777. The molecule has 26 heavy (non-hydrogen) atoms. The number of aliphatic hydroxyl groups is 3. The predicted octanol–water partition coefficient (Wildman–Crippen LogP) is -0.749. The van der Waals surface area contributed by atoms with Crippen LogP contribution in [0.25, 0.3) is 11.2 Å². The van der Waals surface area contributed by atoms with Crippen molar-refractivity contribution >= 4 is 17.0 Å². The molecule has 4 rings (SSSR count). The van der Waals surface area contributed by atoms with E-state index in [9.17, 15) is 15.3 Å². The summed E-state index contributed by atoms with van der Waals surface area (Å²) in [5.41, 5.74) is 6.78. The maximum Gasteiger partial charge on any atom is 0.168 e. The van der Waals surface area contributed by atoms with E-state index in [4.69, 9.17) is 10.5 Å². The zero-order chi connectivity index (χ0) is 18.3. The molecule has 1 aliphatic carbocycles. The number of hydrogen-bond donors (Lipinski definition) is 5. The van der Waals surface area contributed by atoms with E-state index in [-0.39, 0.29) is 6.54 Å². The van der Waals surface area contributed by atoms with Crippen molar-refractivity contribution < 1.29 is 20.1 Å². The fourth-order valence-electron chi connectivity index (χ4n) is 3.71. The van der Waals surface area contributed by atoms with Gasteiger partial charge in [-0.05, 0) is 12.8 Å². The van der Waals surface area contributed by atoms with E-state index in [1.165, 1.54) is 19.2 Å². The third-order valence-corrected chi connectivity index (χ3v) is 5.14. The average molecular weight is 364 g/mol. The molecule has 0 radical (unpaired) electrons. The highest BCUT2D eigenvalue weighted by Gasteiger charge is 2.44. The van der Waals surface area contributed by atoms with Crippen LogP contribution in [0.15, 0.2) is 6.33 Å². The zero-order valence-electron chi connectivity index (χ0n) is 14.3. The van der Waals surface area contributed by atoms with E-state index in [1.54, 1.807) is 4.57 Å². The maximum absolute atomic E-state index is 10.3. The molecule has 3 heterocycles. The molecule has 4 atom stereocenters. The van der Waals surface area contributed by atoms with Crippen LogP contribution >= 0.6 is 0 Å². The lowest BCUT2D eigenvalue weighted by molar-refractivity contribution is -0.0511. The zero-order valence-corrected chi connectivity index (χ0v) is 14.3. The molecule has 10 heteroatoms. The first kappa shape index (κ1) is 17.6. The summed E-state index contributed by atoms with van der Waals surface area (Å²) in [6, 6.07) is 0.345. The van der Waals surface area contributed by atoms with Crippen molar-refractivity contribution in [3.63, 3.8) is 0 Å². The van der Waals surface area contributed by atoms with Gasteiger partial charge in [0.1, 0.15) is 24.1 Å².